The third kappa shape index (κ3) is 10.3. The molecule has 0 bridgehead atoms. The van der Waals surface area contributed by atoms with Gasteiger partial charge in [0.1, 0.15) is 12.6 Å². The van der Waals surface area contributed by atoms with Gasteiger partial charge in [-0.3, -0.25) is 14.4 Å². The average molecular weight is 453 g/mol. The Morgan fingerprint density at radius 3 is 2.25 bits per heavy atom. The summed E-state index contributed by atoms with van der Waals surface area (Å²) in [6.07, 6.45) is 0.296. The molecule has 1 unspecified atom stereocenters. The molecule has 0 fully saturated rings. The first-order valence-electron chi connectivity index (χ1n) is 10.3. The summed E-state index contributed by atoms with van der Waals surface area (Å²) in [5.41, 5.74) is 0.619. The predicted octanol–water partition coefficient (Wildman–Crippen LogP) is 2.41. The number of ether oxygens (including phenoxy) is 5. The average Bonchev–Trinajstić information content (AvgIpc) is 2.74. The lowest BCUT2D eigenvalue weighted by Gasteiger charge is -2.18. The van der Waals surface area contributed by atoms with Crippen LogP contribution in [-0.4, -0.2) is 57.0 Å². The fraction of sp³-hybridized carbons (Fsp3) is 0.545. The first-order chi connectivity index (χ1) is 15.2. The van der Waals surface area contributed by atoms with Gasteiger partial charge in [0, 0.05) is 20.4 Å². The molecule has 0 heterocycles. The molecule has 0 saturated heterocycles. The van der Waals surface area contributed by atoms with E-state index in [0.717, 1.165) is 6.42 Å². The Hall–Kier alpha value is -3.14. The Balaban J connectivity index is 2.72. The molecular weight excluding hydrogens is 422 g/mol. The van der Waals surface area contributed by atoms with E-state index in [1.54, 1.807) is 6.07 Å². The maximum Gasteiger partial charge on any atom is 0.508 e. The molecule has 32 heavy (non-hydrogen) atoms. The van der Waals surface area contributed by atoms with Crippen molar-refractivity contribution in [1.29, 1.82) is 0 Å². The number of carbonyl (C=O) groups excluding carboxylic acids is 4. The van der Waals surface area contributed by atoms with Crippen LogP contribution in [-0.2, 0) is 35.0 Å². The highest BCUT2D eigenvalue weighted by atomic mass is 16.7. The van der Waals surface area contributed by atoms with Gasteiger partial charge in [0.05, 0.1) is 13.7 Å². The molecule has 1 rings (SSSR count). The van der Waals surface area contributed by atoms with E-state index in [1.165, 1.54) is 33.1 Å². The highest BCUT2D eigenvalue weighted by Crippen LogP contribution is 2.29. The Morgan fingerprint density at radius 2 is 1.66 bits per heavy atom. The number of hydrogen-bond donors (Lipinski definition) is 1. The normalized spacial score (nSPS) is 12.3. The summed E-state index contributed by atoms with van der Waals surface area (Å²) in [5.74, 6) is -1.29. The fourth-order valence-corrected chi connectivity index (χ4v) is 2.51. The van der Waals surface area contributed by atoms with E-state index < -0.39 is 30.1 Å². The summed E-state index contributed by atoms with van der Waals surface area (Å²) in [5, 5.41) is 2.96. The van der Waals surface area contributed by atoms with Crippen molar-refractivity contribution in [3.05, 3.63) is 23.8 Å². The third-order valence-electron chi connectivity index (χ3n) is 4.34. The highest BCUT2D eigenvalue weighted by Gasteiger charge is 2.21. The second-order valence-corrected chi connectivity index (χ2v) is 7.13. The van der Waals surface area contributed by atoms with Crippen LogP contribution in [0.1, 0.15) is 39.7 Å². The molecule has 0 aliphatic carbocycles. The highest BCUT2D eigenvalue weighted by molar-refractivity contribution is 5.76. The fourth-order valence-electron chi connectivity index (χ4n) is 2.51. The van der Waals surface area contributed by atoms with Crippen molar-refractivity contribution in [2.75, 3.05) is 26.9 Å². The molecule has 0 saturated carbocycles. The Kier molecular flexibility index (Phi) is 11.8. The second kappa shape index (κ2) is 14.0. The van der Waals surface area contributed by atoms with Crippen LogP contribution in [0.3, 0.4) is 0 Å². The molecule has 1 N–H and O–H groups in total. The molecule has 10 heteroatoms. The minimum absolute atomic E-state index is 0.00305. The quantitative estimate of drug-likeness (QED) is 0.286. The van der Waals surface area contributed by atoms with Gasteiger partial charge in [-0.15, -0.1) is 0 Å². The second-order valence-electron chi connectivity index (χ2n) is 7.13. The maximum absolute atomic E-state index is 12.2. The Bertz CT molecular complexity index is 794. The van der Waals surface area contributed by atoms with Gasteiger partial charge in [-0.2, -0.15) is 0 Å². The van der Waals surface area contributed by atoms with Gasteiger partial charge in [-0.1, -0.05) is 26.3 Å². The SMILES string of the molecule is CCC(C)COC(=O)OCCN[C@@H](Cc1ccc(OC(C)=O)c(OC(C)=O)c1)C(=O)OC. The maximum atomic E-state index is 12.2. The zero-order valence-electron chi connectivity index (χ0n) is 19.1. The monoisotopic (exact) mass is 453 g/mol. The smallest absolute Gasteiger partial charge is 0.468 e. The first kappa shape index (κ1) is 26.9. The Morgan fingerprint density at radius 1 is 1.00 bits per heavy atom. The van der Waals surface area contributed by atoms with Crippen molar-refractivity contribution in [3.63, 3.8) is 0 Å². The van der Waals surface area contributed by atoms with Crippen molar-refractivity contribution >= 4 is 24.1 Å². The summed E-state index contributed by atoms with van der Waals surface area (Å²) in [6.45, 7) is 6.86. The van der Waals surface area contributed by atoms with Gasteiger partial charge in [0.15, 0.2) is 11.5 Å². The van der Waals surface area contributed by atoms with Crippen LogP contribution in [0.4, 0.5) is 4.79 Å². The number of carbonyl (C=O) groups is 4. The van der Waals surface area contributed by atoms with Gasteiger partial charge in [-0.05, 0) is 30.0 Å². The number of rotatable bonds is 12. The lowest BCUT2D eigenvalue weighted by atomic mass is 10.1. The molecule has 0 aromatic heterocycles. The first-order valence-corrected chi connectivity index (χ1v) is 10.3. The van der Waals surface area contributed by atoms with Gasteiger partial charge in [0.2, 0.25) is 0 Å². The predicted molar refractivity (Wildman–Crippen MR) is 113 cm³/mol. The molecule has 2 atom stereocenters. The zero-order chi connectivity index (χ0) is 24.1. The molecule has 0 aliphatic heterocycles. The van der Waals surface area contributed by atoms with Crippen molar-refractivity contribution in [2.45, 2.75) is 46.6 Å². The summed E-state index contributed by atoms with van der Waals surface area (Å²) in [7, 11) is 1.26. The van der Waals surface area contributed by atoms with E-state index in [9.17, 15) is 19.2 Å². The van der Waals surface area contributed by atoms with Gasteiger partial charge < -0.3 is 29.0 Å². The Labute approximate surface area is 187 Å². The standard InChI is InChI=1S/C22H31NO9/c1-6-14(2)13-30-22(27)29-10-9-23-18(21(26)28-5)11-17-7-8-19(31-15(3)24)20(12-17)32-16(4)25/h7-8,12,14,18,23H,6,9-11,13H2,1-5H3/t14?,18-/m0/s1. The summed E-state index contributed by atoms with van der Waals surface area (Å²) >= 11 is 0. The van der Waals surface area contributed by atoms with Gasteiger partial charge in [0.25, 0.3) is 0 Å². The number of esters is 3. The minimum Gasteiger partial charge on any atom is -0.468 e. The summed E-state index contributed by atoms with van der Waals surface area (Å²) in [4.78, 5) is 46.4. The van der Waals surface area contributed by atoms with Crippen LogP contribution >= 0.6 is 0 Å². The molecular formula is C22H31NO9. The topological polar surface area (TPSA) is 126 Å². The van der Waals surface area contributed by atoms with Crippen molar-refractivity contribution in [1.82, 2.24) is 5.32 Å². The number of methoxy groups -OCH3 is 1. The lowest BCUT2D eigenvalue weighted by Crippen LogP contribution is -2.41. The van der Waals surface area contributed by atoms with Crippen LogP contribution in [0.15, 0.2) is 18.2 Å². The van der Waals surface area contributed by atoms with Crippen LogP contribution in [0.2, 0.25) is 0 Å². The summed E-state index contributed by atoms with van der Waals surface area (Å²) < 4.78 is 24.9. The largest absolute Gasteiger partial charge is 0.508 e. The van der Waals surface area contributed by atoms with Gasteiger partial charge in [-0.25, -0.2) is 4.79 Å². The molecule has 0 aliphatic rings. The van der Waals surface area contributed by atoms with Crippen LogP contribution < -0.4 is 14.8 Å². The van der Waals surface area contributed by atoms with E-state index >= 15 is 0 Å². The number of nitrogens with one attached hydrogen (secondary N) is 1. The molecule has 178 valence electrons. The van der Waals surface area contributed by atoms with E-state index in [4.69, 9.17) is 23.7 Å². The van der Waals surface area contributed by atoms with Crippen molar-refractivity contribution in [2.24, 2.45) is 5.92 Å². The molecule has 10 nitrogen and oxygen atoms in total. The lowest BCUT2D eigenvalue weighted by molar-refractivity contribution is -0.143. The van der Waals surface area contributed by atoms with E-state index in [-0.39, 0.29) is 43.6 Å². The molecule has 1 aromatic carbocycles. The van der Waals surface area contributed by atoms with Crippen LogP contribution in [0.5, 0.6) is 11.5 Å². The molecule has 0 amide bonds. The number of hydrogen-bond acceptors (Lipinski definition) is 10. The number of benzene rings is 1. The van der Waals surface area contributed by atoms with E-state index in [1.807, 2.05) is 13.8 Å². The van der Waals surface area contributed by atoms with Crippen molar-refractivity contribution in [3.8, 4) is 11.5 Å². The third-order valence-corrected chi connectivity index (χ3v) is 4.34. The molecule has 0 spiro atoms. The molecule has 0 radical (unpaired) electrons. The van der Waals surface area contributed by atoms with Crippen LogP contribution in [0.25, 0.3) is 0 Å². The van der Waals surface area contributed by atoms with E-state index in [2.05, 4.69) is 5.32 Å². The zero-order valence-corrected chi connectivity index (χ0v) is 19.1. The van der Waals surface area contributed by atoms with E-state index in [0.29, 0.717) is 5.56 Å². The van der Waals surface area contributed by atoms with Crippen molar-refractivity contribution < 1.29 is 42.9 Å². The van der Waals surface area contributed by atoms with Crippen LogP contribution in [0, 0.1) is 5.92 Å². The summed E-state index contributed by atoms with van der Waals surface area (Å²) in [6, 6.07) is 3.84. The van der Waals surface area contributed by atoms with Gasteiger partial charge >= 0.3 is 24.1 Å². The minimum atomic E-state index is -0.770. The molecule has 1 aromatic rings.